The molecule has 0 spiro atoms. The Kier molecular flexibility index (Phi) is 8.02. The number of hydrogen-bond donors (Lipinski definition) is 0. The average Bonchev–Trinajstić information content (AvgIpc) is 2.97. The van der Waals surface area contributed by atoms with Crippen molar-refractivity contribution in [3.8, 4) is 16.9 Å². The van der Waals surface area contributed by atoms with Gasteiger partial charge in [0.25, 0.3) is 0 Å². The third-order valence-electron chi connectivity index (χ3n) is 7.24. The second kappa shape index (κ2) is 11.6. The van der Waals surface area contributed by atoms with Crippen LogP contribution in [0.4, 0.5) is 5.82 Å². The van der Waals surface area contributed by atoms with Crippen LogP contribution in [-0.4, -0.2) is 80.5 Å². The van der Waals surface area contributed by atoms with Crippen molar-refractivity contribution in [1.29, 1.82) is 0 Å². The van der Waals surface area contributed by atoms with E-state index in [1.54, 1.807) is 35.7 Å². The molecule has 8 nitrogen and oxygen atoms in total. The maximum atomic E-state index is 13.1. The van der Waals surface area contributed by atoms with E-state index in [1.165, 1.54) is 19.3 Å². The lowest BCUT2D eigenvalue weighted by Gasteiger charge is -2.34. The van der Waals surface area contributed by atoms with Crippen LogP contribution in [0.15, 0.2) is 65.7 Å². The first-order valence-electron chi connectivity index (χ1n) is 13.1. The quantitative estimate of drug-likeness (QED) is 0.447. The van der Waals surface area contributed by atoms with Gasteiger partial charge in [-0.2, -0.15) is 4.31 Å². The number of ether oxygens (including phenoxy) is 1. The largest absolute Gasteiger partial charge is 0.497 e. The average molecular weight is 522 g/mol. The molecule has 0 unspecified atom stereocenters. The Balaban J connectivity index is 1.22. The number of rotatable bonds is 8. The van der Waals surface area contributed by atoms with Crippen molar-refractivity contribution >= 4 is 15.8 Å². The molecule has 37 heavy (non-hydrogen) atoms. The Morgan fingerprint density at radius 3 is 2.24 bits per heavy atom. The van der Waals surface area contributed by atoms with Gasteiger partial charge < -0.3 is 14.5 Å². The summed E-state index contributed by atoms with van der Waals surface area (Å²) in [4.78, 5) is 14.8. The van der Waals surface area contributed by atoms with Crippen LogP contribution < -0.4 is 9.64 Å². The summed E-state index contributed by atoms with van der Waals surface area (Å²) in [7, 11) is -1.94. The molecule has 1 aromatic heterocycles. The van der Waals surface area contributed by atoms with Gasteiger partial charge in [-0.3, -0.25) is 0 Å². The molecule has 0 aliphatic carbocycles. The fourth-order valence-corrected chi connectivity index (χ4v) is 6.47. The third-order valence-corrected chi connectivity index (χ3v) is 9.15. The molecule has 0 N–H and O–H groups in total. The molecule has 9 heteroatoms. The molecule has 3 heterocycles. The number of benzene rings is 2. The first-order valence-corrected chi connectivity index (χ1v) is 14.5. The fourth-order valence-electron chi connectivity index (χ4n) is 5.05. The van der Waals surface area contributed by atoms with Gasteiger partial charge >= 0.3 is 0 Å². The van der Waals surface area contributed by atoms with Crippen molar-refractivity contribution in [2.45, 2.75) is 30.6 Å². The van der Waals surface area contributed by atoms with Crippen LogP contribution in [0.5, 0.6) is 5.75 Å². The summed E-state index contributed by atoms with van der Waals surface area (Å²) in [6.45, 7) is 5.19. The predicted octanol–water partition coefficient (Wildman–Crippen LogP) is 3.69. The summed E-state index contributed by atoms with van der Waals surface area (Å²) >= 11 is 0. The van der Waals surface area contributed by atoms with E-state index in [1.807, 2.05) is 12.3 Å². The van der Waals surface area contributed by atoms with Gasteiger partial charge in [-0.25, -0.2) is 18.4 Å². The van der Waals surface area contributed by atoms with Crippen molar-refractivity contribution in [3.63, 3.8) is 0 Å². The highest BCUT2D eigenvalue weighted by atomic mass is 32.2. The minimum Gasteiger partial charge on any atom is -0.497 e. The lowest BCUT2D eigenvalue weighted by Crippen LogP contribution is -2.49. The van der Waals surface area contributed by atoms with Gasteiger partial charge in [-0.1, -0.05) is 30.3 Å². The maximum Gasteiger partial charge on any atom is 0.243 e. The molecule has 3 aromatic rings. The lowest BCUT2D eigenvalue weighted by atomic mass is 10.1. The summed E-state index contributed by atoms with van der Waals surface area (Å²) in [5.74, 6) is 2.52. The molecule has 5 rings (SSSR count). The number of methoxy groups -OCH3 is 1. The van der Waals surface area contributed by atoms with E-state index in [-0.39, 0.29) is 0 Å². The molecule has 2 aliphatic rings. The minimum absolute atomic E-state index is 0.305. The van der Waals surface area contributed by atoms with Crippen LogP contribution in [0.3, 0.4) is 0 Å². The molecule has 0 bridgehead atoms. The van der Waals surface area contributed by atoms with E-state index >= 15 is 0 Å². The van der Waals surface area contributed by atoms with Gasteiger partial charge in [0.1, 0.15) is 17.4 Å². The van der Waals surface area contributed by atoms with Gasteiger partial charge in [0, 0.05) is 64.0 Å². The molecular weight excluding hydrogens is 486 g/mol. The second-order valence-corrected chi connectivity index (χ2v) is 11.5. The van der Waals surface area contributed by atoms with E-state index in [4.69, 9.17) is 14.7 Å². The van der Waals surface area contributed by atoms with Crippen molar-refractivity contribution in [1.82, 2.24) is 19.2 Å². The first kappa shape index (κ1) is 25.6. The molecule has 2 fully saturated rings. The zero-order valence-corrected chi connectivity index (χ0v) is 22.2. The summed E-state index contributed by atoms with van der Waals surface area (Å²) < 4.78 is 32.8. The van der Waals surface area contributed by atoms with Crippen LogP contribution in [0.1, 0.15) is 25.1 Å². The van der Waals surface area contributed by atoms with E-state index in [9.17, 15) is 8.42 Å². The van der Waals surface area contributed by atoms with Crippen LogP contribution >= 0.6 is 0 Å². The van der Waals surface area contributed by atoms with E-state index < -0.39 is 10.0 Å². The summed E-state index contributed by atoms with van der Waals surface area (Å²) in [5, 5.41) is 0. The van der Waals surface area contributed by atoms with Crippen molar-refractivity contribution in [2.24, 2.45) is 0 Å². The number of hydrogen-bond acceptors (Lipinski definition) is 7. The molecule has 2 saturated heterocycles. The molecule has 2 aromatic carbocycles. The summed E-state index contributed by atoms with van der Waals surface area (Å²) in [6.07, 6.45) is 6.37. The molecule has 196 valence electrons. The van der Waals surface area contributed by atoms with Gasteiger partial charge in [0.15, 0.2) is 0 Å². The Morgan fingerprint density at radius 2 is 1.57 bits per heavy atom. The zero-order valence-electron chi connectivity index (χ0n) is 21.4. The summed E-state index contributed by atoms with van der Waals surface area (Å²) in [6, 6.07) is 17.0. The van der Waals surface area contributed by atoms with Gasteiger partial charge in [0.2, 0.25) is 10.0 Å². The molecule has 2 aliphatic heterocycles. The molecule has 0 amide bonds. The maximum absolute atomic E-state index is 13.1. The summed E-state index contributed by atoms with van der Waals surface area (Å²) in [5.41, 5.74) is 2.23. The third kappa shape index (κ3) is 5.95. The Hall–Kier alpha value is -3.01. The lowest BCUT2D eigenvalue weighted by molar-refractivity contribution is 0.189. The monoisotopic (exact) mass is 521 g/mol. The first-order chi connectivity index (χ1) is 18.0. The Morgan fingerprint density at radius 1 is 0.865 bits per heavy atom. The van der Waals surface area contributed by atoms with Crippen molar-refractivity contribution < 1.29 is 13.2 Å². The fraction of sp³-hybridized carbons (Fsp3) is 0.429. The smallest absolute Gasteiger partial charge is 0.243 e. The molecular formula is C28H35N5O3S. The highest BCUT2D eigenvalue weighted by molar-refractivity contribution is 7.89. The molecule has 0 atom stereocenters. The topological polar surface area (TPSA) is 78.9 Å². The minimum atomic E-state index is -3.51. The van der Waals surface area contributed by atoms with E-state index in [0.717, 1.165) is 48.8 Å². The Bertz CT molecular complexity index is 1270. The zero-order chi connectivity index (χ0) is 25.7. The Labute approximate surface area is 220 Å². The molecule has 0 radical (unpaired) electrons. The van der Waals surface area contributed by atoms with Crippen LogP contribution in [0.2, 0.25) is 0 Å². The van der Waals surface area contributed by atoms with Gasteiger partial charge in [0.05, 0.1) is 12.0 Å². The number of aromatic nitrogens is 2. The number of sulfonamides is 1. The number of anilines is 1. The van der Waals surface area contributed by atoms with Crippen molar-refractivity contribution in [2.75, 3.05) is 57.8 Å². The van der Waals surface area contributed by atoms with E-state index in [2.05, 4.69) is 34.1 Å². The van der Waals surface area contributed by atoms with E-state index in [0.29, 0.717) is 36.8 Å². The van der Waals surface area contributed by atoms with Crippen molar-refractivity contribution in [3.05, 3.63) is 66.6 Å². The number of piperazine rings is 1. The number of nitrogens with zero attached hydrogens (tertiary/aromatic N) is 5. The van der Waals surface area contributed by atoms with Crippen LogP contribution in [0, 0.1) is 0 Å². The van der Waals surface area contributed by atoms with Crippen LogP contribution in [0.25, 0.3) is 11.1 Å². The highest BCUT2D eigenvalue weighted by Crippen LogP contribution is 2.30. The SMILES string of the molecule is COc1ccc(S(=O)(=O)N2CCN(CCc3ncc(-c4ccccc4)c(N4CCCCC4)n3)CC2)cc1. The number of piperidine rings is 1. The normalized spacial score (nSPS) is 17.6. The van der Waals surface area contributed by atoms with Gasteiger partial charge in [-0.05, 0) is 49.1 Å². The highest BCUT2D eigenvalue weighted by Gasteiger charge is 2.28. The standard InChI is InChI=1S/C28H35N5O3S/c1-36-24-10-12-25(13-11-24)37(34,35)33-20-18-31(19-21-33)17-14-27-29-22-26(23-8-4-2-5-9-23)28(30-27)32-15-6-3-7-16-32/h2,4-5,8-13,22H,3,6-7,14-21H2,1H3. The predicted molar refractivity (Wildman–Crippen MR) is 145 cm³/mol. The second-order valence-electron chi connectivity index (χ2n) is 9.61. The van der Waals surface area contributed by atoms with Crippen LogP contribution in [-0.2, 0) is 16.4 Å². The van der Waals surface area contributed by atoms with Gasteiger partial charge in [-0.15, -0.1) is 0 Å². The molecule has 0 saturated carbocycles.